The number of nitrogens with one attached hydrogen (secondary N) is 3. The molecule has 0 bridgehead atoms. The molecular weight excluding hydrogens is 384 g/mol. The Bertz CT molecular complexity index is 743. The van der Waals surface area contributed by atoms with Crippen molar-refractivity contribution in [1.82, 2.24) is 16.0 Å². The van der Waals surface area contributed by atoms with Gasteiger partial charge in [0.15, 0.2) is 17.6 Å². The highest BCUT2D eigenvalue weighted by Crippen LogP contribution is 2.29. The number of ether oxygens (including phenoxy) is 3. The van der Waals surface area contributed by atoms with E-state index in [4.69, 9.17) is 9.47 Å². The quantitative estimate of drug-likeness (QED) is 0.536. The van der Waals surface area contributed by atoms with Crippen molar-refractivity contribution in [2.75, 3.05) is 20.7 Å². The number of methoxy groups -OCH3 is 1. The average molecular weight is 403 g/mol. The van der Waals surface area contributed by atoms with Gasteiger partial charge in [-0.15, -0.1) is 0 Å². The number of benzene rings is 1. The molecule has 154 valence electrons. The fourth-order valence-corrected chi connectivity index (χ4v) is 1.83. The van der Waals surface area contributed by atoms with Crippen LogP contribution in [0.15, 0.2) is 18.2 Å². The summed E-state index contributed by atoms with van der Waals surface area (Å²) in [4.78, 5) is 46.4. The summed E-state index contributed by atoms with van der Waals surface area (Å²) in [6.45, 7) is -2.40. The van der Waals surface area contributed by atoms with Gasteiger partial charge in [0.2, 0.25) is 0 Å². The lowest BCUT2D eigenvalue weighted by molar-refractivity contribution is -0.153. The molecule has 0 aliphatic heterocycles. The Morgan fingerprint density at radius 2 is 1.82 bits per heavy atom. The fraction of sp³-hybridized carbons (Fsp3) is 0.375. The van der Waals surface area contributed by atoms with E-state index < -0.39 is 43.1 Å². The van der Waals surface area contributed by atoms with Crippen LogP contribution in [0.3, 0.4) is 0 Å². The van der Waals surface area contributed by atoms with E-state index in [1.165, 1.54) is 27.1 Å². The molecule has 3 N–H and O–H groups in total. The summed E-state index contributed by atoms with van der Waals surface area (Å²) in [6.07, 6.45) is -1.27. The second-order valence-electron chi connectivity index (χ2n) is 5.13. The molecule has 0 aliphatic carbocycles. The summed E-state index contributed by atoms with van der Waals surface area (Å²) in [6, 6.07) is 2.69. The molecule has 1 rings (SSSR count). The van der Waals surface area contributed by atoms with Gasteiger partial charge in [-0.3, -0.25) is 19.7 Å². The maximum atomic E-state index is 12.3. The standard InChI is InChI=1S/C16H19F2N3O7/c1-8(13(23)21-16(25)19-2)27-12(22)7-20-14(24)9-4-5-10(28-15(17)18)11(6-9)26-3/h4-6,8,15H,7H2,1-3H3,(H,20,24)(H2,19,21,23,25)/t8-/m1/s1. The predicted molar refractivity (Wildman–Crippen MR) is 90.1 cm³/mol. The van der Waals surface area contributed by atoms with E-state index in [1.54, 1.807) is 0 Å². The number of alkyl halides is 2. The third-order valence-electron chi connectivity index (χ3n) is 3.18. The Morgan fingerprint density at radius 3 is 2.39 bits per heavy atom. The van der Waals surface area contributed by atoms with Crippen molar-refractivity contribution < 1.29 is 42.2 Å². The molecule has 1 atom stereocenters. The van der Waals surface area contributed by atoms with Crippen LogP contribution < -0.4 is 25.4 Å². The summed E-state index contributed by atoms with van der Waals surface area (Å²) in [5.74, 6) is -2.86. The van der Waals surface area contributed by atoms with E-state index in [0.29, 0.717) is 0 Å². The lowest BCUT2D eigenvalue weighted by Gasteiger charge is -2.13. The van der Waals surface area contributed by atoms with Gasteiger partial charge in [-0.1, -0.05) is 0 Å². The van der Waals surface area contributed by atoms with Crippen LogP contribution in [-0.2, 0) is 14.3 Å². The molecule has 0 unspecified atom stereocenters. The summed E-state index contributed by atoms with van der Waals surface area (Å²) < 4.78 is 38.5. The molecule has 0 aromatic heterocycles. The molecule has 4 amide bonds. The van der Waals surface area contributed by atoms with Crippen LogP contribution in [0.5, 0.6) is 11.5 Å². The number of hydrogen-bond donors (Lipinski definition) is 3. The van der Waals surface area contributed by atoms with Crippen LogP contribution >= 0.6 is 0 Å². The number of rotatable bonds is 8. The van der Waals surface area contributed by atoms with E-state index >= 15 is 0 Å². The van der Waals surface area contributed by atoms with Gasteiger partial charge in [-0.2, -0.15) is 8.78 Å². The number of carbonyl (C=O) groups excluding carboxylic acids is 4. The number of imide groups is 1. The van der Waals surface area contributed by atoms with Crippen molar-refractivity contribution in [3.05, 3.63) is 23.8 Å². The number of esters is 1. The smallest absolute Gasteiger partial charge is 0.387 e. The largest absolute Gasteiger partial charge is 0.493 e. The van der Waals surface area contributed by atoms with Crippen molar-refractivity contribution in [3.63, 3.8) is 0 Å². The van der Waals surface area contributed by atoms with Crippen molar-refractivity contribution >= 4 is 23.8 Å². The van der Waals surface area contributed by atoms with Gasteiger partial charge in [0.25, 0.3) is 11.8 Å². The van der Waals surface area contributed by atoms with Gasteiger partial charge in [-0.25, -0.2) is 4.79 Å². The Balaban J connectivity index is 2.60. The highest BCUT2D eigenvalue weighted by Gasteiger charge is 2.20. The van der Waals surface area contributed by atoms with Crippen molar-refractivity contribution in [3.8, 4) is 11.5 Å². The van der Waals surface area contributed by atoms with Gasteiger partial charge < -0.3 is 24.8 Å². The first-order chi connectivity index (χ1) is 13.2. The van der Waals surface area contributed by atoms with Crippen LogP contribution in [0, 0.1) is 0 Å². The number of urea groups is 1. The van der Waals surface area contributed by atoms with E-state index in [9.17, 15) is 28.0 Å². The topological polar surface area (TPSA) is 132 Å². The zero-order chi connectivity index (χ0) is 21.3. The molecule has 0 fully saturated rings. The first-order valence-corrected chi connectivity index (χ1v) is 7.81. The van der Waals surface area contributed by atoms with Gasteiger partial charge >= 0.3 is 18.6 Å². The first kappa shape index (κ1) is 22.6. The van der Waals surface area contributed by atoms with E-state index in [0.717, 1.165) is 12.1 Å². The molecule has 0 aliphatic rings. The zero-order valence-corrected chi connectivity index (χ0v) is 15.2. The predicted octanol–water partition coefficient (Wildman–Crippen LogP) is 0.414. The van der Waals surface area contributed by atoms with Crippen LogP contribution in [-0.4, -0.2) is 57.2 Å². The molecule has 28 heavy (non-hydrogen) atoms. The monoisotopic (exact) mass is 403 g/mol. The van der Waals surface area contributed by atoms with Crippen molar-refractivity contribution in [2.45, 2.75) is 19.6 Å². The zero-order valence-electron chi connectivity index (χ0n) is 15.2. The first-order valence-electron chi connectivity index (χ1n) is 7.81. The summed E-state index contributed by atoms with van der Waals surface area (Å²) in [5.41, 5.74) is 0.0108. The SMILES string of the molecule is CNC(=O)NC(=O)[C@@H](C)OC(=O)CNC(=O)c1ccc(OC(F)F)c(OC)c1. The summed E-state index contributed by atoms with van der Waals surface area (Å²) >= 11 is 0. The third kappa shape index (κ3) is 7.05. The number of amides is 4. The highest BCUT2D eigenvalue weighted by molar-refractivity contribution is 5.98. The van der Waals surface area contributed by atoms with Gasteiger partial charge in [-0.05, 0) is 25.1 Å². The molecule has 12 heteroatoms. The second-order valence-corrected chi connectivity index (χ2v) is 5.13. The Hall–Kier alpha value is -3.44. The third-order valence-corrected chi connectivity index (χ3v) is 3.18. The molecule has 1 aromatic rings. The normalized spacial score (nSPS) is 11.2. The molecular formula is C16H19F2N3O7. The molecule has 0 radical (unpaired) electrons. The Kier molecular flexibility index (Phi) is 8.59. The molecule has 0 saturated heterocycles. The maximum Gasteiger partial charge on any atom is 0.387 e. The summed E-state index contributed by atoms with van der Waals surface area (Å²) in [7, 11) is 2.51. The fourth-order valence-electron chi connectivity index (χ4n) is 1.83. The average Bonchev–Trinajstić information content (AvgIpc) is 2.65. The van der Waals surface area contributed by atoms with Gasteiger partial charge in [0, 0.05) is 12.6 Å². The molecule has 1 aromatic carbocycles. The molecule has 0 spiro atoms. The Morgan fingerprint density at radius 1 is 1.14 bits per heavy atom. The van der Waals surface area contributed by atoms with E-state index in [-0.39, 0.29) is 17.1 Å². The van der Waals surface area contributed by atoms with E-state index in [2.05, 4.69) is 15.4 Å². The molecule has 10 nitrogen and oxygen atoms in total. The minimum atomic E-state index is -3.06. The van der Waals surface area contributed by atoms with Gasteiger partial charge in [0.1, 0.15) is 6.54 Å². The lowest BCUT2D eigenvalue weighted by atomic mass is 10.2. The van der Waals surface area contributed by atoms with Gasteiger partial charge in [0.05, 0.1) is 7.11 Å². The highest BCUT2D eigenvalue weighted by atomic mass is 19.3. The molecule has 0 saturated carbocycles. The van der Waals surface area contributed by atoms with Crippen LogP contribution in [0.4, 0.5) is 13.6 Å². The van der Waals surface area contributed by atoms with Crippen molar-refractivity contribution in [1.29, 1.82) is 0 Å². The Labute approximate surface area is 158 Å². The second kappa shape index (κ2) is 10.6. The van der Waals surface area contributed by atoms with Crippen LogP contribution in [0.1, 0.15) is 17.3 Å². The van der Waals surface area contributed by atoms with Crippen molar-refractivity contribution in [2.24, 2.45) is 0 Å². The maximum absolute atomic E-state index is 12.3. The van der Waals surface area contributed by atoms with Crippen LogP contribution in [0.25, 0.3) is 0 Å². The minimum absolute atomic E-state index is 0.0108. The number of hydrogen-bond acceptors (Lipinski definition) is 7. The number of halogens is 2. The molecule has 0 heterocycles. The number of carbonyl (C=O) groups is 4. The summed E-state index contributed by atoms with van der Waals surface area (Å²) in [5, 5.41) is 6.32. The lowest BCUT2D eigenvalue weighted by Crippen LogP contribution is -2.44. The van der Waals surface area contributed by atoms with E-state index in [1.807, 2.05) is 5.32 Å². The minimum Gasteiger partial charge on any atom is -0.493 e. The van der Waals surface area contributed by atoms with Crippen LogP contribution in [0.2, 0.25) is 0 Å².